The van der Waals surface area contributed by atoms with Crippen LogP contribution in [0.5, 0.6) is 11.5 Å². The smallest absolute Gasteiger partial charge is 0.229 e. The number of nitrogens with one attached hydrogen (secondary N) is 1. The number of carbonyl (C=O) groups is 6. The standard InChI is InChI=1S/C14H19NO4.2C5H7NO2.3C2H6/c1-15-14(19)8-6-11(16)4-2-3-10-5-7-12(17)13(18)9-10;2*1-6-4(7)2-3-5(6)8;3*1-2/h5,7,9,17-18H,2-4,6,8H2,1H3,(H,15,19);2*2-3H2,1H3;3*1-2H3. The largest absolute Gasteiger partial charge is 0.504 e. The Hall–Kier alpha value is -3.76. The van der Waals surface area contributed by atoms with Crippen LogP contribution in [0.4, 0.5) is 0 Å². The van der Waals surface area contributed by atoms with Crippen molar-refractivity contribution in [1.82, 2.24) is 15.1 Å². The summed E-state index contributed by atoms with van der Waals surface area (Å²) in [6.45, 7) is 12.0. The minimum absolute atomic E-state index is 0.0602. The number of imide groups is 2. The summed E-state index contributed by atoms with van der Waals surface area (Å²) in [5.41, 5.74) is 0.870. The van der Waals surface area contributed by atoms with Crippen LogP contribution in [-0.2, 0) is 35.2 Å². The lowest BCUT2D eigenvalue weighted by Gasteiger charge is -2.04. The summed E-state index contributed by atoms with van der Waals surface area (Å²) in [5, 5.41) is 21.0. The molecule has 234 valence electrons. The van der Waals surface area contributed by atoms with E-state index in [0.29, 0.717) is 44.9 Å². The number of ketones is 1. The highest BCUT2D eigenvalue weighted by molar-refractivity contribution is 6.02. The Balaban J connectivity index is -0.000000542. The van der Waals surface area contributed by atoms with Gasteiger partial charge in [0.1, 0.15) is 5.78 Å². The van der Waals surface area contributed by atoms with Crippen LogP contribution in [0, 0.1) is 0 Å². The number of phenols is 2. The minimum atomic E-state index is -0.150. The van der Waals surface area contributed by atoms with Crippen LogP contribution in [-0.4, -0.2) is 76.5 Å². The van der Waals surface area contributed by atoms with Gasteiger partial charge < -0.3 is 15.5 Å². The number of hydrogen-bond donors (Lipinski definition) is 3. The van der Waals surface area contributed by atoms with Crippen LogP contribution < -0.4 is 5.32 Å². The zero-order valence-electron chi connectivity index (χ0n) is 26.3. The van der Waals surface area contributed by atoms with Gasteiger partial charge in [0.15, 0.2) is 11.5 Å². The predicted octanol–water partition coefficient (Wildman–Crippen LogP) is 4.12. The first-order chi connectivity index (χ1) is 19.5. The summed E-state index contributed by atoms with van der Waals surface area (Å²) in [6.07, 6.45) is 3.82. The second-order valence-corrected chi connectivity index (χ2v) is 8.08. The third-order valence-electron chi connectivity index (χ3n) is 5.47. The number of benzene rings is 1. The maximum absolute atomic E-state index is 11.5. The van der Waals surface area contributed by atoms with Crippen molar-refractivity contribution < 1.29 is 39.0 Å². The molecule has 3 N–H and O–H groups in total. The van der Waals surface area contributed by atoms with Crippen molar-refractivity contribution in [1.29, 1.82) is 0 Å². The normalized spacial score (nSPS) is 13.1. The van der Waals surface area contributed by atoms with Crippen molar-refractivity contribution in [2.75, 3.05) is 21.1 Å². The van der Waals surface area contributed by atoms with Gasteiger partial charge in [0, 0.05) is 66.1 Å². The molecule has 2 aliphatic heterocycles. The van der Waals surface area contributed by atoms with E-state index in [4.69, 9.17) is 5.11 Å². The van der Waals surface area contributed by atoms with Crippen LogP contribution in [0.15, 0.2) is 18.2 Å². The number of aromatic hydroxyl groups is 2. The zero-order valence-corrected chi connectivity index (χ0v) is 26.3. The van der Waals surface area contributed by atoms with Gasteiger partial charge in [0.25, 0.3) is 0 Å². The molecule has 0 radical (unpaired) electrons. The molecule has 2 saturated heterocycles. The Morgan fingerprint density at radius 2 is 1.12 bits per heavy atom. The second-order valence-electron chi connectivity index (χ2n) is 8.08. The zero-order chi connectivity index (χ0) is 32.5. The van der Waals surface area contributed by atoms with Crippen molar-refractivity contribution in [3.8, 4) is 11.5 Å². The summed E-state index contributed by atoms with van der Waals surface area (Å²) < 4.78 is 0. The molecule has 0 aliphatic carbocycles. The van der Waals surface area contributed by atoms with Crippen molar-refractivity contribution in [3.05, 3.63) is 23.8 Å². The van der Waals surface area contributed by atoms with E-state index in [1.807, 2.05) is 41.5 Å². The number of nitrogens with zero attached hydrogens (tertiary/aromatic N) is 2. The predicted molar refractivity (Wildman–Crippen MR) is 159 cm³/mol. The lowest BCUT2D eigenvalue weighted by Crippen LogP contribution is -2.23. The van der Waals surface area contributed by atoms with E-state index in [-0.39, 0.29) is 59.7 Å². The maximum atomic E-state index is 11.5. The minimum Gasteiger partial charge on any atom is -0.504 e. The Morgan fingerprint density at radius 3 is 1.44 bits per heavy atom. The Kier molecular flexibility index (Phi) is 25.7. The average molecular weight is 582 g/mol. The molecule has 41 heavy (non-hydrogen) atoms. The Labute approximate surface area is 245 Å². The van der Waals surface area contributed by atoms with Crippen molar-refractivity contribution >= 4 is 35.3 Å². The van der Waals surface area contributed by atoms with E-state index in [9.17, 15) is 33.9 Å². The number of likely N-dealkylation sites (tertiary alicyclic amines) is 2. The number of aryl methyl sites for hydroxylation is 1. The quantitative estimate of drug-likeness (QED) is 0.320. The van der Waals surface area contributed by atoms with Crippen molar-refractivity contribution in [2.45, 2.75) is 99.3 Å². The number of phenolic OH excluding ortho intramolecular Hbond substituents is 2. The molecule has 1 aromatic carbocycles. The van der Waals surface area contributed by atoms with E-state index in [1.165, 1.54) is 36.0 Å². The molecule has 0 aromatic heterocycles. The highest BCUT2D eigenvalue weighted by Gasteiger charge is 2.24. The fraction of sp³-hybridized carbons (Fsp3) is 0.600. The van der Waals surface area contributed by atoms with Gasteiger partial charge in [-0.25, -0.2) is 0 Å². The van der Waals surface area contributed by atoms with Crippen LogP contribution in [0.1, 0.15) is 98.5 Å². The van der Waals surface area contributed by atoms with E-state index >= 15 is 0 Å². The molecular weight excluding hydrogens is 530 g/mol. The summed E-state index contributed by atoms with van der Waals surface area (Å²) >= 11 is 0. The third kappa shape index (κ3) is 18.3. The van der Waals surface area contributed by atoms with Crippen LogP contribution in [0.3, 0.4) is 0 Å². The maximum Gasteiger partial charge on any atom is 0.229 e. The van der Waals surface area contributed by atoms with Crippen LogP contribution >= 0.6 is 0 Å². The molecule has 2 fully saturated rings. The monoisotopic (exact) mass is 581 g/mol. The number of amides is 5. The molecule has 5 amide bonds. The summed E-state index contributed by atoms with van der Waals surface area (Å²) in [7, 11) is 4.57. The molecule has 1 aromatic rings. The van der Waals surface area contributed by atoms with Gasteiger partial charge >= 0.3 is 0 Å². The molecule has 11 nitrogen and oxygen atoms in total. The van der Waals surface area contributed by atoms with Gasteiger partial charge in [-0.2, -0.15) is 0 Å². The molecule has 0 bridgehead atoms. The molecule has 3 rings (SSSR count). The third-order valence-corrected chi connectivity index (χ3v) is 5.47. The van der Waals surface area contributed by atoms with Gasteiger partial charge in [-0.05, 0) is 30.5 Å². The fourth-order valence-electron chi connectivity index (χ4n) is 3.09. The SMILES string of the molecule is CC.CC.CC.CN1C(=O)CCC1=O.CN1C(=O)CCC1=O.CNC(=O)CCC(=O)CCCc1ccc(O)c(O)c1. The lowest BCUT2D eigenvalue weighted by molar-refractivity contribution is -0.138. The first-order valence-electron chi connectivity index (χ1n) is 14.3. The molecule has 0 spiro atoms. The number of hydrogen-bond acceptors (Lipinski definition) is 8. The van der Waals surface area contributed by atoms with E-state index in [0.717, 1.165) is 5.56 Å². The number of Topliss-reactive ketones (excluding diaryl/α,β-unsaturated/α-hetero) is 1. The molecule has 2 heterocycles. The van der Waals surface area contributed by atoms with Crippen LogP contribution in [0.25, 0.3) is 0 Å². The summed E-state index contributed by atoms with van der Waals surface area (Å²) in [6, 6.07) is 4.63. The van der Waals surface area contributed by atoms with Gasteiger partial charge in [-0.3, -0.25) is 38.6 Å². The van der Waals surface area contributed by atoms with Crippen molar-refractivity contribution in [2.24, 2.45) is 0 Å². The lowest BCUT2D eigenvalue weighted by atomic mass is 10.0. The molecular formula is C30H51N3O8. The Morgan fingerprint density at radius 1 is 0.707 bits per heavy atom. The van der Waals surface area contributed by atoms with Gasteiger partial charge in [-0.15, -0.1) is 0 Å². The van der Waals surface area contributed by atoms with E-state index < -0.39 is 0 Å². The first kappa shape index (κ1) is 41.7. The summed E-state index contributed by atoms with van der Waals surface area (Å²) in [5.74, 6) is -0.604. The van der Waals surface area contributed by atoms with Gasteiger partial charge in [0.2, 0.25) is 29.5 Å². The fourth-order valence-corrected chi connectivity index (χ4v) is 3.09. The topological polar surface area (TPSA) is 161 Å². The average Bonchev–Trinajstić information content (AvgIpc) is 3.46. The number of rotatable bonds is 7. The molecule has 0 unspecified atom stereocenters. The summed E-state index contributed by atoms with van der Waals surface area (Å²) in [4.78, 5) is 66.8. The number of carbonyl (C=O) groups excluding carboxylic acids is 6. The van der Waals surface area contributed by atoms with E-state index in [2.05, 4.69) is 5.32 Å². The van der Waals surface area contributed by atoms with Crippen molar-refractivity contribution in [3.63, 3.8) is 0 Å². The first-order valence-corrected chi connectivity index (χ1v) is 14.3. The van der Waals surface area contributed by atoms with Gasteiger partial charge in [-0.1, -0.05) is 47.6 Å². The van der Waals surface area contributed by atoms with Gasteiger partial charge in [0.05, 0.1) is 0 Å². The molecule has 2 aliphatic rings. The van der Waals surface area contributed by atoms with E-state index in [1.54, 1.807) is 13.1 Å². The van der Waals surface area contributed by atoms with Crippen LogP contribution in [0.2, 0.25) is 0 Å². The second kappa shape index (κ2) is 25.2. The molecule has 0 saturated carbocycles. The Bertz CT molecular complexity index is 897. The highest BCUT2D eigenvalue weighted by atomic mass is 16.3. The molecule has 0 atom stereocenters. The molecule has 11 heteroatoms. The highest BCUT2D eigenvalue weighted by Crippen LogP contribution is 2.25.